The molecule has 3 aromatic rings. The lowest BCUT2D eigenvalue weighted by atomic mass is 10.2. The van der Waals surface area contributed by atoms with Gasteiger partial charge in [-0.25, -0.2) is 0 Å². The predicted molar refractivity (Wildman–Crippen MR) is 69.8 cm³/mol. The monoisotopic (exact) mass is 243 g/mol. The summed E-state index contributed by atoms with van der Waals surface area (Å²) in [6, 6.07) is 15.3. The molecule has 0 unspecified atom stereocenters. The van der Waals surface area contributed by atoms with Crippen LogP contribution in [0, 0.1) is 0 Å². The summed E-state index contributed by atoms with van der Waals surface area (Å²) in [5, 5.41) is 1.84. The highest BCUT2D eigenvalue weighted by atomic mass is 35.5. The number of benzene rings is 2. The average Bonchev–Trinajstić information content (AvgIpc) is 2.79. The van der Waals surface area contributed by atoms with Gasteiger partial charge in [0, 0.05) is 22.1 Å². The molecule has 0 atom stereocenters. The van der Waals surface area contributed by atoms with Crippen LogP contribution in [0.5, 0.6) is 11.5 Å². The first-order valence-electron chi connectivity index (χ1n) is 5.32. The van der Waals surface area contributed by atoms with Crippen molar-refractivity contribution >= 4 is 22.5 Å². The first-order valence-corrected chi connectivity index (χ1v) is 5.70. The Bertz CT molecular complexity index is 643. The van der Waals surface area contributed by atoms with Crippen LogP contribution in [0.2, 0.25) is 5.02 Å². The molecule has 3 heteroatoms. The van der Waals surface area contributed by atoms with Crippen molar-refractivity contribution in [1.29, 1.82) is 0 Å². The SMILES string of the molecule is Clc1ccc(Oc2ccc3[nH]ccc3c2)cc1. The number of halogens is 1. The molecule has 0 fully saturated rings. The Labute approximate surface area is 104 Å². The van der Waals surface area contributed by atoms with E-state index < -0.39 is 0 Å². The zero-order chi connectivity index (χ0) is 11.7. The molecule has 1 aromatic heterocycles. The van der Waals surface area contributed by atoms with Crippen LogP contribution in [0.3, 0.4) is 0 Å². The van der Waals surface area contributed by atoms with Crippen LogP contribution >= 0.6 is 11.6 Å². The lowest BCUT2D eigenvalue weighted by Crippen LogP contribution is -1.83. The highest BCUT2D eigenvalue weighted by Gasteiger charge is 2.00. The van der Waals surface area contributed by atoms with Crippen LogP contribution in [0.25, 0.3) is 10.9 Å². The van der Waals surface area contributed by atoms with Gasteiger partial charge in [0.05, 0.1) is 0 Å². The summed E-state index contributed by atoms with van der Waals surface area (Å²) in [4.78, 5) is 3.15. The second-order valence-electron chi connectivity index (χ2n) is 3.78. The van der Waals surface area contributed by atoms with E-state index in [1.807, 2.05) is 54.7 Å². The van der Waals surface area contributed by atoms with Gasteiger partial charge in [-0.2, -0.15) is 0 Å². The van der Waals surface area contributed by atoms with E-state index in [0.29, 0.717) is 5.02 Å². The minimum absolute atomic E-state index is 0.707. The van der Waals surface area contributed by atoms with Crippen molar-refractivity contribution in [2.75, 3.05) is 0 Å². The molecule has 0 saturated heterocycles. The average molecular weight is 244 g/mol. The number of aromatic amines is 1. The van der Waals surface area contributed by atoms with Gasteiger partial charge in [-0.1, -0.05) is 11.6 Å². The van der Waals surface area contributed by atoms with Gasteiger partial charge in [-0.3, -0.25) is 0 Å². The molecular weight excluding hydrogens is 234 g/mol. The second kappa shape index (κ2) is 4.15. The number of ether oxygens (including phenoxy) is 1. The molecule has 1 heterocycles. The Hall–Kier alpha value is -1.93. The minimum atomic E-state index is 0.707. The zero-order valence-corrected chi connectivity index (χ0v) is 9.74. The first-order chi connectivity index (χ1) is 8.31. The predicted octanol–water partition coefficient (Wildman–Crippen LogP) is 4.61. The molecule has 0 saturated carbocycles. The van der Waals surface area contributed by atoms with Crippen molar-refractivity contribution in [3.8, 4) is 11.5 Å². The highest BCUT2D eigenvalue weighted by Crippen LogP contribution is 2.25. The topological polar surface area (TPSA) is 25.0 Å². The van der Waals surface area contributed by atoms with Gasteiger partial charge in [0.25, 0.3) is 0 Å². The fourth-order valence-electron chi connectivity index (χ4n) is 1.73. The smallest absolute Gasteiger partial charge is 0.128 e. The van der Waals surface area contributed by atoms with Crippen LogP contribution in [-0.2, 0) is 0 Å². The van der Waals surface area contributed by atoms with E-state index in [2.05, 4.69) is 4.98 Å². The van der Waals surface area contributed by atoms with Crippen molar-refractivity contribution in [1.82, 2.24) is 4.98 Å². The first kappa shape index (κ1) is 10.2. The van der Waals surface area contributed by atoms with Gasteiger partial charge in [0.2, 0.25) is 0 Å². The summed E-state index contributed by atoms with van der Waals surface area (Å²) in [5.74, 6) is 1.60. The van der Waals surface area contributed by atoms with Gasteiger partial charge >= 0.3 is 0 Å². The Kier molecular flexibility index (Phi) is 2.50. The van der Waals surface area contributed by atoms with Crippen LogP contribution in [0.1, 0.15) is 0 Å². The van der Waals surface area contributed by atoms with Crippen LogP contribution in [0.4, 0.5) is 0 Å². The number of H-pyrrole nitrogens is 1. The normalized spacial score (nSPS) is 10.6. The van der Waals surface area contributed by atoms with Crippen molar-refractivity contribution < 1.29 is 4.74 Å². The van der Waals surface area contributed by atoms with Crippen molar-refractivity contribution in [3.05, 3.63) is 59.8 Å². The van der Waals surface area contributed by atoms with E-state index in [-0.39, 0.29) is 0 Å². The fourth-order valence-corrected chi connectivity index (χ4v) is 1.86. The quantitative estimate of drug-likeness (QED) is 0.698. The summed E-state index contributed by atoms with van der Waals surface area (Å²) in [6.07, 6.45) is 1.91. The molecule has 1 N–H and O–H groups in total. The zero-order valence-electron chi connectivity index (χ0n) is 8.98. The molecule has 0 aliphatic carbocycles. The van der Waals surface area contributed by atoms with Crippen LogP contribution in [0.15, 0.2) is 54.7 Å². The van der Waals surface area contributed by atoms with Gasteiger partial charge < -0.3 is 9.72 Å². The van der Waals surface area contributed by atoms with Crippen LogP contribution < -0.4 is 4.74 Å². The number of hydrogen-bond donors (Lipinski definition) is 1. The number of rotatable bonds is 2. The molecule has 2 aromatic carbocycles. The Balaban J connectivity index is 1.91. The van der Waals surface area contributed by atoms with Gasteiger partial charge in [0.1, 0.15) is 11.5 Å². The molecule has 0 aliphatic heterocycles. The van der Waals surface area contributed by atoms with E-state index in [9.17, 15) is 0 Å². The molecule has 0 aliphatic rings. The third kappa shape index (κ3) is 2.12. The molecule has 0 spiro atoms. The summed E-state index contributed by atoms with van der Waals surface area (Å²) >= 11 is 5.82. The highest BCUT2D eigenvalue weighted by molar-refractivity contribution is 6.30. The Morgan fingerprint density at radius 1 is 0.882 bits per heavy atom. The molecule has 0 radical (unpaired) electrons. The summed E-state index contributed by atoms with van der Waals surface area (Å²) < 4.78 is 5.74. The van der Waals surface area contributed by atoms with Gasteiger partial charge in [-0.15, -0.1) is 0 Å². The number of aromatic nitrogens is 1. The van der Waals surface area contributed by atoms with Gasteiger partial charge in [-0.05, 0) is 48.5 Å². The maximum atomic E-state index is 5.82. The number of nitrogens with one attached hydrogen (secondary N) is 1. The largest absolute Gasteiger partial charge is 0.457 e. The molecule has 2 nitrogen and oxygen atoms in total. The third-order valence-electron chi connectivity index (χ3n) is 2.57. The van der Waals surface area contributed by atoms with E-state index in [1.54, 1.807) is 0 Å². The van der Waals surface area contributed by atoms with E-state index in [1.165, 1.54) is 0 Å². The summed E-state index contributed by atoms with van der Waals surface area (Å²) in [6.45, 7) is 0. The molecule has 84 valence electrons. The van der Waals surface area contributed by atoms with E-state index in [4.69, 9.17) is 16.3 Å². The lowest BCUT2D eigenvalue weighted by molar-refractivity contribution is 0.483. The second-order valence-corrected chi connectivity index (χ2v) is 4.22. The maximum Gasteiger partial charge on any atom is 0.128 e. The van der Waals surface area contributed by atoms with E-state index in [0.717, 1.165) is 22.4 Å². The Morgan fingerprint density at radius 2 is 1.65 bits per heavy atom. The molecule has 0 amide bonds. The van der Waals surface area contributed by atoms with E-state index >= 15 is 0 Å². The van der Waals surface area contributed by atoms with Gasteiger partial charge in [0.15, 0.2) is 0 Å². The lowest BCUT2D eigenvalue weighted by Gasteiger charge is -2.05. The van der Waals surface area contributed by atoms with Crippen molar-refractivity contribution in [2.24, 2.45) is 0 Å². The number of fused-ring (bicyclic) bond motifs is 1. The maximum absolute atomic E-state index is 5.82. The third-order valence-corrected chi connectivity index (χ3v) is 2.83. The molecular formula is C14H10ClNO. The Morgan fingerprint density at radius 3 is 2.47 bits per heavy atom. The van der Waals surface area contributed by atoms with Crippen molar-refractivity contribution in [2.45, 2.75) is 0 Å². The minimum Gasteiger partial charge on any atom is -0.457 e. The fraction of sp³-hybridized carbons (Fsp3) is 0. The standard InChI is InChI=1S/C14H10ClNO/c15-11-1-3-12(4-2-11)17-13-5-6-14-10(9-13)7-8-16-14/h1-9,16H. The molecule has 17 heavy (non-hydrogen) atoms. The molecule has 0 bridgehead atoms. The van der Waals surface area contributed by atoms with Crippen LogP contribution in [-0.4, -0.2) is 4.98 Å². The summed E-state index contributed by atoms with van der Waals surface area (Å²) in [7, 11) is 0. The summed E-state index contributed by atoms with van der Waals surface area (Å²) in [5.41, 5.74) is 1.11. The molecule has 3 rings (SSSR count). The number of hydrogen-bond acceptors (Lipinski definition) is 1. The van der Waals surface area contributed by atoms with Crippen molar-refractivity contribution in [3.63, 3.8) is 0 Å².